The van der Waals surface area contributed by atoms with Crippen LogP contribution in [0.15, 0.2) is 70.9 Å². The number of hydrogen-bond acceptors (Lipinski definition) is 5. The van der Waals surface area contributed by atoms with Crippen LogP contribution in [0.5, 0.6) is 0 Å². The number of benzene rings is 1. The molecule has 5 rings (SSSR count). The van der Waals surface area contributed by atoms with E-state index in [2.05, 4.69) is 36.4 Å². The molecule has 31 heavy (non-hydrogen) atoms. The first-order chi connectivity index (χ1) is 15.1. The van der Waals surface area contributed by atoms with Crippen LogP contribution in [0.4, 0.5) is 5.82 Å². The minimum Gasteiger partial charge on any atom is -0.304 e. The number of thiophene rings is 1. The summed E-state index contributed by atoms with van der Waals surface area (Å²) in [5, 5.41) is 14.3. The third kappa shape index (κ3) is 3.87. The predicted octanol–water partition coefficient (Wildman–Crippen LogP) is 5.37. The highest BCUT2D eigenvalue weighted by Crippen LogP contribution is 2.26. The summed E-state index contributed by atoms with van der Waals surface area (Å²) in [5.41, 5.74) is 2.66. The fraction of sp³-hybridized carbons (Fsp3) is 0.0476. The van der Waals surface area contributed by atoms with Gasteiger partial charge in [-0.15, -0.1) is 11.3 Å². The van der Waals surface area contributed by atoms with Gasteiger partial charge in [-0.05, 0) is 45.1 Å². The van der Waals surface area contributed by atoms with Crippen molar-refractivity contribution in [3.63, 3.8) is 0 Å². The number of halogens is 2. The maximum atomic E-state index is 13.0. The lowest BCUT2D eigenvalue weighted by Gasteiger charge is -2.04. The largest absolute Gasteiger partial charge is 0.304 e. The molecule has 1 amide bonds. The van der Waals surface area contributed by atoms with E-state index in [-0.39, 0.29) is 5.91 Å². The van der Waals surface area contributed by atoms with Crippen LogP contribution in [0.2, 0.25) is 5.02 Å². The van der Waals surface area contributed by atoms with Crippen molar-refractivity contribution in [2.45, 2.75) is 6.54 Å². The van der Waals surface area contributed by atoms with Gasteiger partial charge in [0.15, 0.2) is 11.5 Å². The van der Waals surface area contributed by atoms with Gasteiger partial charge < -0.3 is 5.32 Å². The summed E-state index contributed by atoms with van der Waals surface area (Å²) in [5.74, 6) is 0.0698. The highest BCUT2D eigenvalue weighted by molar-refractivity contribution is 9.10. The van der Waals surface area contributed by atoms with Crippen LogP contribution in [0.25, 0.3) is 16.2 Å². The SMILES string of the molecule is O=C(Nc1nn(Cc2ccccc2Cl)cc1Br)c1cnn2c(-c3cccs3)ccnc12. The normalized spacial score (nSPS) is 11.2. The van der Waals surface area contributed by atoms with Crippen LogP contribution in [-0.4, -0.2) is 30.3 Å². The van der Waals surface area contributed by atoms with Gasteiger partial charge in [-0.3, -0.25) is 9.48 Å². The summed E-state index contributed by atoms with van der Waals surface area (Å²) in [6.45, 7) is 0.483. The lowest BCUT2D eigenvalue weighted by molar-refractivity contribution is 0.102. The second-order valence-electron chi connectivity index (χ2n) is 6.67. The van der Waals surface area contributed by atoms with Crippen LogP contribution in [0.3, 0.4) is 0 Å². The maximum absolute atomic E-state index is 13.0. The Morgan fingerprint density at radius 1 is 1.19 bits per heavy atom. The molecule has 5 aromatic rings. The van der Waals surface area contributed by atoms with Gasteiger partial charge in [-0.2, -0.15) is 10.2 Å². The number of nitrogens with zero attached hydrogens (tertiary/aromatic N) is 5. The van der Waals surface area contributed by atoms with Gasteiger partial charge >= 0.3 is 0 Å². The fourth-order valence-corrected chi connectivity index (χ4v) is 4.55. The predicted molar refractivity (Wildman–Crippen MR) is 125 cm³/mol. The number of hydrogen-bond donors (Lipinski definition) is 1. The molecular formula is C21H14BrClN6OS. The van der Waals surface area contributed by atoms with Crippen LogP contribution >= 0.6 is 38.9 Å². The van der Waals surface area contributed by atoms with Gasteiger partial charge in [-0.25, -0.2) is 9.50 Å². The first kappa shape index (κ1) is 19.9. The molecule has 0 aliphatic heterocycles. The second kappa shape index (κ2) is 8.26. The number of nitrogens with one attached hydrogen (secondary N) is 1. The number of carbonyl (C=O) groups is 1. The number of carbonyl (C=O) groups excluding carboxylic acids is 1. The van der Waals surface area contributed by atoms with E-state index in [0.717, 1.165) is 16.1 Å². The Morgan fingerprint density at radius 2 is 2.06 bits per heavy atom. The Kier molecular flexibility index (Phi) is 5.31. The van der Waals surface area contributed by atoms with E-state index in [0.29, 0.717) is 33.1 Å². The van der Waals surface area contributed by atoms with E-state index in [9.17, 15) is 4.79 Å². The highest BCUT2D eigenvalue weighted by Gasteiger charge is 2.19. The Morgan fingerprint density at radius 3 is 2.87 bits per heavy atom. The summed E-state index contributed by atoms with van der Waals surface area (Å²) < 4.78 is 4.05. The van der Waals surface area contributed by atoms with Gasteiger partial charge in [0.05, 0.1) is 27.8 Å². The van der Waals surface area contributed by atoms with Crippen LogP contribution in [-0.2, 0) is 6.54 Å². The molecular weight excluding hydrogens is 500 g/mol. The monoisotopic (exact) mass is 512 g/mol. The Labute approximate surface area is 194 Å². The number of aromatic nitrogens is 5. The van der Waals surface area contributed by atoms with E-state index in [1.807, 2.05) is 47.8 Å². The number of rotatable bonds is 5. The van der Waals surface area contributed by atoms with E-state index >= 15 is 0 Å². The van der Waals surface area contributed by atoms with E-state index in [1.54, 1.807) is 32.9 Å². The van der Waals surface area contributed by atoms with Crippen molar-refractivity contribution in [1.29, 1.82) is 0 Å². The van der Waals surface area contributed by atoms with Crippen molar-refractivity contribution in [2.75, 3.05) is 5.32 Å². The molecule has 0 unspecified atom stereocenters. The molecule has 10 heteroatoms. The molecule has 0 saturated carbocycles. The van der Waals surface area contributed by atoms with Gasteiger partial charge in [0, 0.05) is 17.4 Å². The third-order valence-corrected chi connectivity index (χ3v) is 6.50. The molecule has 4 heterocycles. The molecule has 154 valence electrons. The van der Waals surface area contributed by atoms with Crippen molar-refractivity contribution in [3.05, 3.63) is 87.1 Å². The molecule has 0 bridgehead atoms. The van der Waals surface area contributed by atoms with Gasteiger partial charge in [0.25, 0.3) is 5.91 Å². The molecule has 0 atom stereocenters. The zero-order valence-electron chi connectivity index (χ0n) is 15.9. The van der Waals surface area contributed by atoms with Crippen molar-refractivity contribution >= 4 is 56.2 Å². The number of anilines is 1. The lowest BCUT2D eigenvalue weighted by Crippen LogP contribution is -2.13. The van der Waals surface area contributed by atoms with Crippen LogP contribution in [0.1, 0.15) is 15.9 Å². The van der Waals surface area contributed by atoms with Crippen LogP contribution in [0, 0.1) is 0 Å². The zero-order chi connectivity index (χ0) is 21.4. The molecule has 0 spiro atoms. The molecule has 0 aliphatic rings. The topological polar surface area (TPSA) is 77.1 Å². The van der Waals surface area contributed by atoms with Crippen molar-refractivity contribution in [1.82, 2.24) is 24.4 Å². The Bertz CT molecular complexity index is 1390. The summed E-state index contributed by atoms with van der Waals surface area (Å²) in [6, 6.07) is 13.4. The third-order valence-electron chi connectivity index (χ3n) is 4.66. The summed E-state index contributed by atoms with van der Waals surface area (Å²) in [4.78, 5) is 18.4. The summed E-state index contributed by atoms with van der Waals surface area (Å²) >= 11 is 11.3. The highest BCUT2D eigenvalue weighted by atomic mass is 79.9. The average Bonchev–Trinajstić information content (AvgIpc) is 3.50. The molecule has 1 aromatic carbocycles. The molecule has 0 aliphatic carbocycles. The van der Waals surface area contributed by atoms with E-state index in [4.69, 9.17) is 11.6 Å². The van der Waals surface area contributed by atoms with Crippen LogP contribution < -0.4 is 5.32 Å². The van der Waals surface area contributed by atoms with Gasteiger partial charge in [0.2, 0.25) is 0 Å². The van der Waals surface area contributed by atoms with Crippen molar-refractivity contribution in [3.8, 4) is 10.6 Å². The fourth-order valence-electron chi connectivity index (χ4n) is 3.20. The van der Waals surface area contributed by atoms with E-state index in [1.165, 1.54) is 6.20 Å². The first-order valence-electron chi connectivity index (χ1n) is 9.24. The smallest absolute Gasteiger partial charge is 0.262 e. The minimum atomic E-state index is -0.338. The minimum absolute atomic E-state index is 0.338. The molecule has 0 radical (unpaired) electrons. The molecule has 0 fully saturated rings. The molecule has 1 N–H and O–H groups in total. The zero-order valence-corrected chi connectivity index (χ0v) is 19.0. The first-order valence-corrected chi connectivity index (χ1v) is 11.3. The molecule has 4 aromatic heterocycles. The number of fused-ring (bicyclic) bond motifs is 1. The summed E-state index contributed by atoms with van der Waals surface area (Å²) in [7, 11) is 0. The average molecular weight is 514 g/mol. The van der Waals surface area contributed by atoms with Crippen molar-refractivity contribution < 1.29 is 4.79 Å². The standard InChI is InChI=1S/C21H14BrClN6OS/c22-15-12-28(11-13-4-1-2-5-16(13)23)27-19(15)26-21(30)14-10-25-29-17(7-8-24-20(14)29)18-6-3-9-31-18/h1-10,12H,11H2,(H,26,27,30). The van der Waals surface area contributed by atoms with Gasteiger partial charge in [-0.1, -0.05) is 35.9 Å². The van der Waals surface area contributed by atoms with Gasteiger partial charge in [0.1, 0.15) is 5.56 Å². The second-order valence-corrected chi connectivity index (χ2v) is 8.88. The van der Waals surface area contributed by atoms with E-state index < -0.39 is 0 Å². The quantitative estimate of drug-likeness (QED) is 0.343. The molecule has 0 saturated heterocycles. The lowest BCUT2D eigenvalue weighted by atomic mass is 10.2. The number of amides is 1. The Balaban J connectivity index is 1.41. The van der Waals surface area contributed by atoms with Crippen molar-refractivity contribution in [2.24, 2.45) is 0 Å². The Hall–Kier alpha value is -3.01. The molecule has 7 nitrogen and oxygen atoms in total. The maximum Gasteiger partial charge on any atom is 0.262 e. The summed E-state index contributed by atoms with van der Waals surface area (Å²) in [6.07, 6.45) is 4.99.